The Morgan fingerprint density at radius 1 is 0.296 bits per heavy atom. The molecule has 1 atom stereocenters. The molecule has 0 fully saturated rings. The second-order valence-electron chi connectivity index (χ2n) is 16.9. The number of allylic oxidation sites excluding steroid dienone is 32. The summed E-state index contributed by atoms with van der Waals surface area (Å²) in [7, 11) is 0. The van der Waals surface area contributed by atoms with E-state index in [4.69, 9.17) is 14.2 Å². The van der Waals surface area contributed by atoms with Crippen molar-refractivity contribution in [2.45, 2.75) is 181 Å². The number of hydrogen-bond acceptors (Lipinski definition) is 6. The highest BCUT2D eigenvalue weighted by molar-refractivity contribution is 5.71. The molecule has 0 amide bonds. The van der Waals surface area contributed by atoms with Crippen LogP contribution in [-0.2, 0) is 28.6 Å². The second kappa shape index (κ2) is 56.8. The average molecular weight is 971 g/mol. The molecule has 0 heterocycles. The van der Waals surface area contributed by atoms with E-state index in [0.29, 0.717) is 19.3 Å². The molecule has 6 heteroatoms. The van der Waals surface area contributed by atoms with E-state index in [2.05, 4.69) is 118 Å². The maximum Gasteiger partial charge on any atom is 0.306 e. The van der Waals surface area contributed by atoms with E-state index in [1.807, 2.05) is 97.2 Å². The molecule has 390 valence electrons. The van der Waals surface area contributed by atoms with Crippen molar-refractivity contribution < 1.29 is 28.6 Å². The normalized spacial score (nSPS) is 13.7. The lowest BCUT2D eigenvalue weighted by atomic mass is 10.1. The molecule has 1 unspecified atom stereocenters. The van der Waals surface area contributed by atoms with E-state index < -0.39 is 6.10 Å². The van der Waals surface area contributed by atoms with Gasteiger partial charge in [0.05, 0.1) is 0 Å². The maximum atomic E-state index is 12.8. The van der Waals surface area contributed by atoms with Crippen LogP contribution in [0.4, 0.5) is 0 Å². The fourth-order valence-electron chi connectivity index (χ4n) is 6.40. The maximum absolute atomic E-state index is 12.8. The Balaban J connectivity index is 4.65. The van der Waals surface area contributed by atoms with Crippen molar-refractivity contribution in [2.75, 3.05) is 13.2 Å². The number of ether oxygens (including phenoxy) is 3. The first-order chi connectivity index (χ1) is 35.0. The summed E-state index contributed by atoms with van der Waals surface area (Å²) in [4.78, 5) is 38.1. The minimum atomic E-state index is -0.838. The van der Waals surface area contributed by atoms with Gasteiger partial charge in [-0.25, -0.2) is 0 Å². The van der Waals surface area contributed by atoms with Crippen molar-refractivity contribution in [3.05, 3.63) is 194 Å². The van der Waals surface area contributed by atoms with Gasteiger partial charge < -0.3 is 14.2 Å². The number of unbranched alkanes of at least 4 members (excludes halogenated alkanes) is 11. The third-order valence-electron chi connectivity index (χ3n) is 10.4. The number of rotatable bonds is 45. The van der Waals surface area contributed by atoms with E-state index in [1.54, 1.807) is 0 Å². The fourth-order valence-corrected chi connectivity index (χ4v) is 6.40. The highest BCUT2D eigenvalue weighted by Gasteiger charge is 2.19. The van der Waals surface area contributed by atoms with Crippen molar-refractivity contribution in [1.82, 2.24) is 0 Å². The fraction of sp³-hybridized carbons (Fsp3) is 0.462. The summed E-state index contributed by atoms with van der Waals surface area (Å²) < 4.78 is 16.8. The second-order valence-corrected chi connectivity index (χ2v) is 16.9. The van der Waals surface area contributed by atoms with Crippen LogP contribution in [0.3, 0.4) is 0 Å². The van der Waals surface area contributed by atoms with Gasteiger partial charge in [0, 0.05) is 19.3 Å². The number of esters is 3. The molecule has 0 aromatic rings. The highest BCUT2D eigenvalue weighted by Crippen LogP contribution is 2.12. The van der Waals surface area contributed by atoms with Crippen molar-refractivity contribution in [3.8, 4) is 0 Å². The highest BCUT2D eigenvalue weighted by atomic mass is 16.6. The van der Waals surface area contributed by atoms with Crippen LogP contribution in [0.5, 0.6) is 0 Å². The molecular weight excluding hydrogens is 877 g/mol. The van der Waals surface area contributed by atoms with Crippen LogP contribution in [0.15, 0.2) is 194 Å². The summed E-state index contributed by atoms with van der Waals surface area (Å²) in [5.74, 6) is -1.05. The Morgan fingerprint density at radius 3 is 0.972 bits per heavy atom. The smallest absolute Gasteiger partial charge is 0.306 e. The summed E-state index contributed by atoms with van der Waals surface area (Å²) in [6.07, 6.45) is 86.9. The summed E-state index contributed by atoms with van der Waals surface area (Å²) in [5, 5.41) is 0. The van der Waals surface area contributed by atoms with Crippen molar-refractivity contribution in [3.63, 3.8) is 0 Å². The van der Waals surface area contributed by atoms with Gasteiger partial charge in [-0.15, -0.1) is 0 Å². The van der Waals surface area contributed by atoms with Gasteiger partial charge >= 0.3 is 17.9 Å². The Bertz CT molecular complexity index is 1780. The first-order valence-corrected chi connectivity index (χ1v) is 27.1. The van der Waals surface area contributed by atoms with Crippen LogP contribution in [0.2, 0.25) is 0 Å². The minimum absolute atomic E-state index is 0.131. The SMILES string of the molecule is CC\C=C/C=C\C=C/C=C\C=C\C=C/C=C\CCCCCC(=O)OCC(COC(=O)CCCCCCC\C=C/C=C\C=C/C=C\CC)OC(=O)CCCCC/C=C\C/C=C\C/C=C\C/C=C\C/C=C\CC. The topological polar surface area (TPSA) is 78.9 Å². The Morgan fingerprint density at radius 2 is 0.577 bits per heavy atom. The average Bonchev–Trinajstić information content (AvgIpc) is 3.37. The lowest BCUT2D eigenvalue weighted by Crippen LogP contribution is -2.30. The Labute approximate surface area is 433 Å². The summed E-state index contributed by atoms with van der Waals surface area (Å²) in [5.41, 5.74) is 0. The third kappa shape index (κ3) is 55.1. The van der Waals surface area contributed by atoms with E-state index in [1.165, 1.54) is 0 Å². The molecule has 0 rings (SSSR count). The predicted molar refractivity (Wildman–Crippen MR) is 306 cm³/mol. The van der Waals surface area contributed by atoms with Crippen LogP contribution in [0, 0.1) is 0 Å². The van der Waals surface area contributed by atoms with E-state index >= 15 is 0 Å². The number of carbonyl (C=O) groups is 3. The van der Waals surface area contributed by atoms with Crippen LogP contribution in [0.1, 0.15) is 175 Å². The lowest BCUT2D eigenvalue weighted by Gasteiger charge is -2.18. The van der Waals surface area contributed by atoms with Crippen LogP contribution in [-0.4, -0.2) is 37.2 Å². The number of carbonyl (C=O) groups excluding carboxylic acids is 3. The zero-order chi connectivity index (χ0) is 51.4. The third-order valence-corrected chi connectivity index (χ3v) is 10.4. The zero-order valence-electron chi connectivity index (χ0n) is 44.4. The molecule has 0 aliphatic heterocycles. The molecule has 0 saturated carbocycles. The first-order valence-electron chi connectivity index (χ1n) is 27.1. The Kier molecular flexibility index (Phi) is 52.2. The van der Waals surface area contributed by atoms with Gasteiger partial charge in [0.25, 0.3) is 0 Å². The molecule has 6 nitrogen and oxygen atoms in total. The molecule has 0 N–H and O–H groups in total. The van der Waals surface area contributed by atoms with E-state index in [0.717, 1.165) is 122 Å². The number of hydrogen-bond donors (Lipinski definition) is 0. The van der Waals surface area contributed by atoms with Gasteiger partial charge in [0.1, 0.15) is 13.2 Å². The molecule has 0 aliphatic carbocycles. The van der Waals surface area contributed by atoms with Crippen LogP contribution < -0.4 is 0 Å². The molecule has 0 aliphatic rings. The van der Waals surface area contributed by atoms with Crippen molar-refractivity contribution in [2.24, 2.45) is 0 Å². The molecular formula is C65H94O6. The van der Waals surface area contributed by atoms with Crippen molar-refractivity contribution in [1.29, 1.82) is 0 Å². The zero-order valence-corrected chi connectivity index (χ0v) is 44.4. The van der Waals surface area contributed by atoms with Gasteiger partial charge in [0.15, 0.2) is 6.10 Å². The van der Waals surface area contributed by atoms with Crippen LogP contribution in [0.25, 0.3) is 0 Å². The lowest BCUT2D eigenvalue weighted by molar-refractivity contribution is -0.167. The van der Waals surface area contributed by atoms with Crippen molar-refractivity contribution >= 4 is 17.9 Å². The predicted octanol–water partition coefficient (Wildman–Crippen LogP) is 18.3. The molecule has 0 radical (unpaired) electrons. The molecule has 0 bridgehead atoms. The molecule has 0 spiro atoms. The standard InChI is InChI=1S/C65H94O6/c1-4-7-10-13-16-19-22-25-28-30-32-34-37-40-43-46-49-52-55-58-64(67)70-61-62(60-69-63(66)57-54-51-48-45-42-39-36-27-24-21-18-15-12-9-6-3)71-65(68)59-56-53-50-47-44-41-38-35-33-31-29-26-23-20-17-14-11-8-5-2/h7-13,15-22,24-30,32-37,40-41,43-44,62H,4-6,14,23,31,38-39,42,45-61H2,1-3H3/b10-7-,11-8-,12-9-,16-13-,18-15-,20-17-,22-19-,24-21-,28-25-,29-26-,32-30+,35-33-,36-27-,37-34-,43-40-,44-41-. The summed E-state index contributed by atoms with van der Waals surface area (Å²) >= 11 is 0. The van der Waals surface area contributed by atoms with Crippen LogP contribution >= 0.6 is 0 Å². The quantitative estimate of drug-likeness (QED) is 0.0199. The summed E-state index contributed by atoms with van der Waals surface area (Å²) in [6.45, 7) is 6.12. The van der Waals surface area contributed by atoms with Gasteiger partial charge in [-0.3, -0.25) is 14.4 Å². The van der Waals surface area contributed by atoms with Gasteiger partial charge in [-0.2, -0.15) is 0 Å². The molecule has 0 aromatic carbocycles. The molecule has 0 aromatic heterocycles. The van der Waals surface area contributed by atoms with E-state index in [9.17, 15) is 14.4 Å². The first kappa shape index (κ1) is 65.2. The largest absolute Gasteiger partial charge is 0.462 e. The minimum Gasteiger partial charge on any atom is -0.462 e. The Hall–Kier alpha value is -5.75. The monoisotopic (exact) mass is 971 g/mol. The van der Waals surface area contributed by atoms with Gasteiger partial charge in [-0.1, -0.05) is 247 Å². The van der Waals surface area contributed by atoms with E-state index in [-0.39, 0.29) is 44.0 Å². The van der Waals surface area contributed by atoms with Gasteiger partial charge in [-0.05, 0) is 103 Å². The summed E-state index contributed by atoms with van der Waals surface area (Å²) in [6, 6.07) is 0. The van der Waals surface area contributed by atoms with Gasteiger partial charge in [0.2, 0.25) is 0 Å². The molecule has 71 heavy (non-hydrogen) atoms. The molecule has 0 saturated heterocycles.